The highest BCUT2D eigenvalue weighted by Gasteiger charge is 2.35. The van der Waals surface area contributed by atoms with Crippen LogP contribution in [0.1, 0.15) is 33.1 Å². The molecule has 0 N–H and O–H groups in total. The van der Waals surface area contributed by atoms with Crippen molar-refractivity contribution in [3.8, 4) is 0 Å². The van der Waals surface area contributed by atoms with E-state index in [1.165, 1.54) is 6.08 Å². The van der Waals surface area contributed by atoms with E-state index >= 15 is 0 Å². The number of allylic oxidation sites excluding steroid dienone is 2. The van der Waals surface area contributed by atoms with Crippen molar-refractivity contribution in [2.75, 3.05) is 0 Å². The average molecular weight is 180 g/mol. The second-order valence-electron chi connectivity index (χ2n) is 2.77. The molecule has 0 aromatic carbocycles. The summed E-state index contributed by atoms with van der Waals surface area (Å²) in [5.74, 6) is -1.26. The summed E-state index contributed by atoms with van der Waals surface area (Å²) < 4.78 is 36.3. The van der Waals surface area contributed by atoms with E-state index in [1.54, 1.807) is 13.0 Å². The third-order valence-electron chi connectivity index (χ3n) is 1.68. The summed E-state index contributed by atoms with van der Waals surface area (Å²) in [6, 6.07) is 0. The van der Waals surface area contributed by atoms with Gasteiger partial charge in [0.2, 0.25) is 0 Å². The van der Waals surface area contributed by atoms with E-state index in [0.717, 1.165) is 12.8 Å². The number of rotatable bonds is 4. The Morgan fingerprint density at radius 3 is 2.17 bits per heavy atom. The third-order valence-corrected chi connectivity index (χ3v) is 1.68. The van der Waals surface area contributed by atoms with E-state index in [0.29, 0.717) is 0 Å². The van der Waals surface area contributed by atoms with Gasteiger partial charge in [-0.05, 0) is 12.8 Å². The first-order valence-corrected chi connectivity index (χ1v) is 4.25. The van der Waals surface area contributed by atoms with E-state index in [9.17, 15) is 13.2 Å². The highest BCUT2D eigenvalue weighted by atomic mass is 19.4. The van der Waals surface area contributed by atoms with Gasteiger partial charge < -0.3 is 0 Å². The molecule has 0 heterocycles. The molecule has 0 saturated heterocycles. The molecule has 0 nitrogen and oxygen atoms in total. The fourth-order valence-electron chi connectivity index (χ4n) is 0.904. The van der Waals surface area contributed by atoms with Crippen molar-refractivity contribution in [3.05, 3.63) is 12.2 Å². The molecule has 3 heteroatoms. The van der Waals surface area contributed by atoms with Crippen molar-refractivity contribution in [2.45, 2.75) is 39.3 Å². The van der Waals surface area contributed by atoms with Gasteiger partial charge in [0.25, 0.3) is 0 Å². The summed E-state index contributed by atoms with van der Waals surface area (Å²) in [6.45, 7) is 3.49. The first-order valence-electron chi connectivity index (χ1n) is 4.25. The minimum atomic E-state index is -4.07. The summed E-state index contributed by atoms with van der Waals surface area (Å²) in [4.78, 5) is 0. The van der Waals surface area contributed by atoms with Crippen LogP contribution in [0, 0.1) is 5.92 Å². The van der Waals surface area contributed by atoms with Crippen LogP contribution in [-0.2, 0) is 0 Å². The monoisotopic (exact) mass is 180 g/mol. The van der Waals surface area contributed by atoms with Gasteiger partial charge in [-0.15, -0.1) is 0 Å². The van der Waals surface area contributed by atoms with Crippen LogP contribution in [-0.4, -0.2) is 6.18 Å². The third kappa shape index (κ3) is 4.42. The maximum absolute atomic E-state index is 12.1. The van der Waals surface area contributed by atoms with Crippen molar-refractivity contribution < 1.29 is 13.2 Å². The predicted molar refractivity (Wildman–Crippen MR) is 43.9 cm³/mol. The van der Waals surface area contributed by atoms with Crippen LogP contribution in [0.15, 0.2) is 12.2 Å². The van der Waals surface area contributed by atoms with Gasteiger partial charge in [-0.1, -0.05) is 32.4 Å². The zero-order valence-electron chi connectivity index (χ0n) is 7.49. The zero-order valence-corrected chi connectivity index (χ0v) is 7.49. The van der Waals surface area contributed by atoms with Crippen LogP contribution in [0.5, 0.6) is 0 Å². The second kappa shape index (κ2) is 5.22. The Balaban J connectivity index is 4.00. The molecule has 0 aliphatic rings. The summed E-state index contributed by atoms with van der Waals surface area (Å²) in [5.41, 5.74) is 0. The Bertz CT molecular complexity index is 135. The lowest BCUT2D eigenvalue weighted by atomic mass is 10.1. The van der Waals surface area contributed by atoms with E-state index in [1.807, 2.05) is 6.92 Å². The van der Waals surface area contributed by atoms with E-state index < -0.39 is 12.1 Å². The maximum atomic E-state index is 12.1. The number of unbranched alkanes of at least 4 members (excludes halogenated alkanes) is 1. The molecule has 1 unspecified atom stereocenters. The van der Waals surface area contributed by atoms with Crippen LogP contribution in [0.4, 0.5) is 13.2 Å². The minimum Gasteiger partial charge on any atom is -0.170 e. The topological polar surface area (TPSA) is 0 Å². The van der Waals surface area contributed by atoms with Crippen LogP contribution in [0.25, 0.3) is 0 Å². The van der Waals surface area contributed by atoms with Crippen LogP contribution < -0.4 is 0 Å². The Morgan fingerprint density at radius 1 is 1.25 bits per heavy atom. The van der Waals surface area contributed by atoms with Crippen molar-refractivity contribution in [1.29, 1.82) is 0 Å². The minimum absolute atomic E-state index is 0.129. The molecule has 0 amide bonds. The molecule has 12 heavy (non-hydrogen) atoms. The number of hydrogen-bond acceptors (Lipinski definition) is 0. The van der Waals surface area contributed by atoms with Crippen molar-refractivity contribution in [2.24, 2.45) is 5.92 Å². The standard InChI is InChI=1S/C9H15F3/c1-3-5-6-7-8(4-2)9(10,11)12/h6-8H,3-5H2,1-2H3/b7-6+. The van der Waals surface area contributed by atoms with Gasteiger partial charge in [0.05, 0.1) is 5.92 Å². The smallest absolute Gasteiger partial charge is 0.170 e. The molecule has 0 bridgehead atoms. The molecule has 1 atom stereocenters. The van der Waals surface area contributed by atoms with Crippen LogP contribution >= 0.6 is 0 Å². The van der Waals surface area contributed by atoms with Gasteiger partial charge in [0.1, 0.15) is 0 Å². The summed E-state index contributed by atoms with van der Waals surface area (Å²) >= 11 is 0. The molecule has 0 radical (unpaired) electrons. The molecule has 0 fully saturated rings. The molecule has 0 aliphatic heterocycles. The van der Waals surface area contributed by atoms with Crippen LogP contribution in [0.3, 0.4) is 0 Å². The fourth-order valence-corrected chi connectivity index (χ4v) is 0.904. The largest absolute Gasteiger partial charge is 0.395 e. The lowest BCUT2D eigenvalue weighted by Gasteiger charge is -2.13. The molecule has 0 aromatic rings. The number of hydrogen-bond donors (Lipinski definition) is 0. The quantitative estimate of drug-likeness (QED) is 0.575. The lowest BCUT2D eigenvalue weighted by Crippen LogP contribution is -2.19. The number of alkyl halides is 3. The predicted octanol–water partition coefficient (Wildman–Crippen LogP) is 3.93. The van der Waals surface area contributed by atoms with Gasteiger partial charge in [-0.3, -0.25) is 0 Å². The Kier molecular flexibility index (Phi) is 5.02. The zero-order chi connectivity index (χ0) is 9.61. The van der Waals surface area contributed by atoms with Crippen molar-refractivity contribution >= 4 is 0 Å². The SMILES string of the molecule is CCC/C=C/C(CC)C(F)(F)F. The van der Waals surface area contributed by atoms with Crippen molar-refractivity contribution in [3.63, 3.8) is 0 Å². The normalized spacial score (nSPS) is 15.4. The van der Waals surface area contributed by atoms with E-state index in [4.69, 9.17) is 0 Å². The first kappa shape index (κ1) is 11.5. The molecule has 0 saturated carbocycles. The Morgan fingerprint density at radius 2 is 1.83 bits per heavy atom. The van der Waals surface area contributed by atoms with E-state index in [2.05, 4.69) is 0 Å². The van der Waals surface area contributed by atoms with E-state index in [-0.39, 0.29) is 6.42 Å². The summed E-state index contributed by atoms with van der Waals surface area (Å²) in [7, 11) is 0. The Hall–Kier alpha value is -0.470. The molecular formula is C9H15F3. The van der Waals surface area contributed by atoms with Gasteiger partial charge in [-0.2, -0.15) is 13.2 Å². The maximum Gasteiger partial charge on any atom is 0.395 e. The summed E-state index contributed by atoms with van der Waals surface area (Å²) in [5, 5.41) is 0. The second-order valence-corrected chi connectivity index (χ2v) is 2.77. The van der Waals surface area contributed by atoms with Crippen LogP contribution in [0.2, 0.25) is 0 Å². The van der Waals surface area contributed by atoms with Gasteiger partial charge in [-0.25, -0.2) is 0 Å². The molecule has 0 aliphatic carbocycles. The van der Waals surface area contributed by atoms with Gasteiger partial charge in [0.15, 0.2) is 0 Å². The highest BCUT2D eigenvalue weighted by Crippen LogP contribution is 2.29. The van der Waals surface area contributed by atoms with Crippen molar-refractivity contribution in [1.82, 2.24) is 0 Å². The first-order chi connectivity index (χ1) is 5.52. The molecule has 0 spiro atoms. The molecule has 0 aromatic heterocycles. The average Bonchev–Trinajstić information content (AvgIpc) is 1.95. The van der Waals surface area contributed by atoms with Gasteiger partial charge >= 0.3 is 6.18 Å². The lowest BCUT2D eigenvalue weighted by molar-refractivity contribution is -0.161. The molecule has 72 valence electrons. The highest BCUT2D eigenvalue weighted by molar-refractivity contribution is 4.91. The summed E-state index contributed by atoms with van der Waals surface area (Å²) in [6.07, 6.45) is 0.561. The number of halogens is 3. The van der Waals surface area contributed by atoms with Gasteiger partial charge in [0, 0.05) is 0 Å². The molecular weight excluding hydrogens is 165 g/mol. The Labute approximate surface area is 71.5 Å². The molecule has 0 rings (SSSR count). The fraction of sp³-hybridized carbons (Fsp3) is 0.778.